The monoisotopic (exact) mass is 508 g/mol. The van der Waals surface area contributed by atoms with E-state index in [-0.39, 0.29) is 11.9 Å². The van der Waals surface area contributed by atoms with E-state index in [1.54, 1.807) is 0 Å². The van der Waals surface area contributed by atoms with Crippen LogP contribution in [0.1, 0.15) is 168 Å². The maximum Gasteiger partial charge on any atom is 0.305 e. The van der Waals surface area contributed by atoms with Crippen molar-refractivity contribution in [2.75, 3.05) is 13.2 Å². The lowest BCUT2D eigenvalue weighted by Crippen LogP contribution is -2.05. The molecule has 0 aliphatic rings. The Morgan fingerprint density at radius 2 is 0.778 bits per heavy atom. The van der Waals surface area contributed by atoms with Crippen LogP contribution in [0.4, 0.5) is 0 Å². The second-order valence-electron chi connectivity index (χ2n) is 10.4. The number of allylic oxidation sites excluding steroid dienone is 2. The minimum atomic E-state index is -0.0120. The maximum atomic E-state index is 11.7. The van der Waals surface area contributed by atoms with E-state index < -0.39 is 0 Å². The van der Waals surface area contributed by atoms with Gasteiger partial charge in [0.05, 0.1) is 13.2 Å². The van der Waals surface area contributed by atoms with Crippen LogP contribution in [0.3, 0.4) is 0 Å². The average Bonchev–Trinajstić information content (AvgIpc) is 2.87. The van der Waals surface area contributed by atoms with Crippen molar-refractivity contribution in [3.05, 3.63) is 12.2 Å². The number of rotatable bonds is 28. The summed E-state index contributed by atoms with van der Waals surface area (Å²) in [6.07, 6.45) is 31.9. The highest BCUT2D eigenvalue weighted by molar-refractivity contribution is 5.69. The van der Waals surface area contributed by atoms with Gasteiger partial charge in [-0.2, -0.15) is 0 Å². The molecule has 0 radical (unpaired) electrons. The van der Waals surface area contributed by atoms with Crippen LogP contribution < -0.4 is 0 Å². The summed E-state index contributed by atoms with van der Waals surface area (Å²) < 4.78 is 10.6. The van der Waals surface area contributed by atoms with E-state index in [9.17, 15) is 9.59 Å². The van der Waals surface area contributed by atoms with E-state index in [0.717, 1.165) is 38.5 Å². The highest BCUT2D eigenvalue weighted by atomic mass is 16.5. The van der Waals surface area contributed by atoms with E-state index in [0.29, 0.717) is 26.1 Å². The molecule has 0 saturated carbocycles. The number of carbonyl (C=O) groups is 2. The summed E-state index contributed by atoms with van der Waals surface area (Å²) in [4.78, 5) is 23.3. The first-order valence-electron chi connectivity index (χ1n) is 15.7. The Kier molecular flexibility index (Phi) is 28.8. The van der Waals surface area contributed by atoms with Crippen molar-refractivity contribution in [1.29, 1.82) is 0 Å². The summed E-state index contributed by atoms with van der Waals surface area (Å²) >= 11 is 0. The molecule has 212 valence electrons. The van der Waals surface area contributed by atoms with Gasteiger partial charge in [0.25, 0.3) is 0 Å². The third kappa shape index (κ3) is 28.9. The Balaban J connectivity index is 3.24. The molecule has 0 aromatic heterocycles. The first-order valence-corrected chi connectivity index (χ1v) is 15.7. The molecule has 0 spiro atoms. The molecule has 0 atom stereocenters. The zero-order valence-corrected chi connectivity index (χ0v) is 24.2. The van der Waals surface area contributed by atoms with E-state index in [2.05, 4.69) is 26.0 Å². The second-order valence-corrected chi connectivity index (χ2v) is 10.4. The summed E-state index contributed by atoms with van der Waals surface area (Å²) in [6.45, 7) is 5.58. The summed E-state index contributed by atoms with van der Waals surface area (Å²) in [5.74, 6) is -0.0240. The molecule has 4 nitrogen and oxygen atoms in total. The van der Waals surface area contributed by atoms with E-state index in [1.165, 1.54) is 103 Å². The van der Waals surface area contributed by atoms with Gasteiger partial charge in [-0.15, -0.1) is 0 Å². The van der Waals surface area contributed by atoms with Gasteiger partial charge >= 0.3 is 11.9 Å². The predicted molar refractivity (Wildman–Crippen MR) is 153 cm³/mol. The van der Waals surface area contributed by atoms with Gasteiger partial charge < -0.3 is 9.47 Å². The fourth-order valence-corrected chi connectivity index (χ4v) is 4.29. The van der Waals surface area contributed by atoms with Crippen molar-refractivity contribution in [2.24, 2.45) is 0 Å². The molecule has 0 aromatic rings. The summed E-state index contributed by atoms with van der Waals surface area (Å²) in [5, 5.41) is 0. The lowest BCUT2D eigenvalue weighted by atomic mass is 10.1. The van der Waals surface area contributed by atoms with Crippen molar-refractivity contribution in [2.45, 2.75) is 168 Å². The van der Waals surface area contributed by atoms with E-state index in [4.69, 9.17) is 9.47 Å². The third-order valence-electron chi connectivity index (χ3n) is 6.69. The molecule has 0 aromatic carbocycles. The van der Waals surface area contributed by atoms with Crippen LogP contribution in [-0.2, 0) is 19.1 Å². The predicted octanol–water partition coefficient (Wildman–Crippen LogP) is 10.0. The van der Waals surface area contributed by atoms with Crippen LogP contribution in [0, 0.1) is 0 Å². The van der Waals surface area contributed by atoms with Crippen molar-refractivity contribution >= 4 is 11.9 Å². The van der Waals surface area contributed by atoms with Crippen LogP contribution in [0.2, 0.25) is 0 Å². The van der Waals surface area contributed by atoms with Crippen LogP contribution in [0.5, 0.6) is 0 Å². The molecule has 0 amide bonds. The van der Waals surface area contributed by atoms with Crippen LogP contribution >= 0.6 is 0 Å². The molecule has 0 bridgehead atoms. The van der Waals surface area contributed by atoms with Gasteiger partial charge in [-0.3, -0.25) is 9.59 Å². The van der Waals surface area contributed by atoms with Gasteiger partial charge in [0.1, 0.15) is 0 Å². The van der Waals surface area contributed by atoms with Crippen molar-refractivity contribution in [1.82, 2.24) is 0 Å². The number of ether oxygens (including phenoxy) is 2. The zero-order valence-electron chi connectivity index (χ0n) is 24.2. The number of carbonyl (C=O) groups excluding carboxylic acids is 2. The van der Waals surface area contributed by atoms with Crippen molar-refractivity contribution < 1.29 is 19.1 Å². The van der Waals surface area contributed by atoms with E-state index >= 15 is 0 Å². The summed E-state index contributed by atoms with van der Waals surface area (Å²) in [7, 11) is 0. The molecule has 4 heteroatoms. The molecular weight excluding hydrogens is 448 g/mol. The normalized spacial score (nSPS) is 11.3. The molecule has 0 unspecified atom stereocenters. The molecule has 36 heavy (non-hydrogen) atoms. The third-order valence-corrected chi connectivity index (χ3v) is 6.69. The van der Waals surface area contributed by atoms with Crippen LogP contribution in [0.15, 0.2) is 12.2 Å². The van der Waals surface area contributed by atoms with Gasteiger partial charge in [-0.25, -0.2) is 0 Å². The SMILES string of the molecule is CCCCCCOC(=O)CCCCCCCC/C=C/CCCCCCCCC(=O)OCCCCCC. The summed E-state index contributed by atoms with van der Waals surface area (Å²) in [6, 6.07) is 0. The lowest BCUT2D eigenvalue weighted by molar-refractivity contribution is -0.144. The van der Waals surface area contributed by atoms with Gasteiger partial charge in [0.15, 0.2) is 0 Å². The number of hydrogen-bond acceptors (Lipinski definition) is 4. The molecule has 0 fully saturated rings. The van der Waals surface area contributed by atoms with Crippen LogP contribution in [-0.4, -0.2) is 25.2 Å². The van der Waals surface area contributed by atoms with Gasteiger partial charge in [0, 0.05) is 12.8 Å². The largest absolute Gasteiger partial charge is 0.466 e. The average molecular weight is 509 g/mol. The zero-order chi connectivity index (χ0) is 26.4. The second kappa shape index (κ2) is 29.9. The van der Waals surface area contributed by atoms with Crippen molar-refractivity contribution in [3.63, 3.8) is 0 Å². The minimum Gasteiger partial charge on any atom is -0.466 e. The molecule has 0 heterocycles. The molecule has 0 saturated heterocycles. The summed E-state index contributed by atoms with van der Waals surface area (Å²) in [5.41, 5.74) is 0. The highest BCUT2D eigenvalue weighted by Gasteiger charge is 2.03. The Bertz CT molecular complexity index is 456. The minimum absolute atomic E-state index is 0.0120. The van der Waals surface area contributed by atoms with Gasteiger partial charge in [-0.05, 0) is 51.4 Å². The topological polar surface area (TPSA) is 52.6 Å². The molecule has 0 aliphatic carbocycles. The standard InChI is InChI=1S/C32H60O4/c1-3-5-7-25-29-35-31(33)27-23-21-19-17-15-13-11-9-10-12-14-16-18-20-22-24-28-32(34)36-30-26-8-6-4-2/h9-10H,3-8,11-30H2,1-2H3/b10-9+. The smallest absolute Gasteiger partial charge is 0.305 e. The van der Waals surface area contributed by atoms with Crippen LogP contribution in [0.25, 0.3) is 0 Å². The number of esters is 2. The number of hydrogen-bond donors (Lipinski definition) is 0. The van der Waals surface area contributed by atoms with Gasteiger partial charge in [0.2, 0.25) is 0 Å². The Morgan fingerprint density at radius 1 is 0.444 bits per heavy atom. The molecule has 0 rings (SSSR count). The highest BCUT2D eigenvalue weighted by Crippen LogP contribution is 2.12. The Hall–Kier alpha value is -1.32. The van der Waals surface area contributed by atoms with Crippen molar-refractivity contribution in [3.8, 4) is 0 Å². The Morgan fingerprint density at radius 3 is 1.17 bits per heavy atom. The van der Waals surface area contributed by atoms with Gasteiger partial charge in [-0.1, -0.05) is 116 Å². The fraction of sp³-hybridized carbons (Fsp3) is 0.875. The first kappa shape index (κ1) is 34.7. The quantitative estimate of drug-likeness (QED) is 0.0599. The lowest BCUT2D eigenvalue weighted by Gasteiger charge is -2.05. The molecule has 0 N–H and O–H groups in total. The molecule has 0 aliphatic heterocycles. The number of unbranched alkanes of at least 4 members (excludes halogenated alkanes) is 18. The first-order chi connectivity index (χ1) is 17.7. The molecular formula is C32H60O4. The maximum absolute atomic E-state index is 11.7. The Labute approximate surface area is 224 Å². The van der Waals surface area contributed by atoms with E-state index in [1.807, 2.05) is 0 Å². The fourth-order valence-electron chi connectivity index (χ4n) is 4.29.